The van der Waals surface area contributed by atoms with E-state index < -0.39 is 9.05 Å². The van der Waals surface area contributed by atoms with E-state index in [1.807, 2.05) is 12.1 Å². The molecule has 0 unspecified atom stereocenters. The number of anilines is 2. The molecule has 0 fully saturated rings. The summed E-state index contributed by atoms with van der Waals surface area (Å²) in [6.07, 6.45) is 0. The predicted octanol–water partition coefficient (Wildman–Crippen LogP) is -3.71. The van der Waals surface area contributed by atoms with Crippen molar-refractivity contribution in [2.45, 2.75) is 0 Å². The Balaban J connectivity index is 0.00000180. The van der Waals surface area contributed by atoms with Crippen LogP contribution in [0.15, 0.2) is 60.7 Å². The smallest absolute Gasteiger partial charge is 0.744 e. The zero-order chi connectivity index (χ0) is 13.0. The van der Waals surface area contributed by atoms with E-state index in [4.69, 9.17) is 0 Å². The van der Waals surface area contributed by atoms with E-state index in [-0.39, 0.29) is 113 Å². The van der Waals surface area contributed by atoms with Crippen LogP contribution in [-0.2, 0) is 19.6 Å². The van der Waals surface area contributed by atoms with E-state index in [9.17, 15) is 13.3 Å². The van der Waals surface area contributed by atoms with Crippen molar-refractivity contribution < 1.29 is 116 Å². The van der Waals surface area contributed by atoms with Crippen LogP contribution in [0, 0.1) is 0 Å². The molecule has 0 heterocycles. The van der Waals surface area contributed by atoms with Crippen molar-refractivity contribution in [3.8, 4) is 0 Å². The van der Waals surface area contributed by atoms with Crippen LogP contribution in [0.5, 0.6) is 0 Å². The minimum absolute atomic E-state index is 0. The Morgan fingerprint density at radius 2 is 1.15 bits per heavy atom. The molecular weight excluding hydrogens is 348 g/mol. The molecule has 0 saturated carbocycles. The fourth-order valence-electron chi connectivity index (χ4n) is 1.45. The Morgan fingerprint density at radius 1 is 0.800 bits per heavy atom. The summed E-state index contributed by atoms with van der Waals surface area (Å²) < 4.78 is 34.3. The van der Waals surface area contributed by atoms with Gasteiger partial charge in [0.15, 0.2) is 0 Å². The molecular formula is C12H10K2NO3S2+. The number of para-hydroxylation sites is 2. The second-order valence-electron chi connectivity index (χ2n) is 3.45. The average molecular weight is 359 g/mol. The number of rotatable bonds is 3. The summed E-state index contributed by atoms with van der Waals surface area (Å²) >= 11 is 0. The molecule has 0 amide bonds. The van der Waals surface area contributed by atoms with E-state index in [0.29, 0.717) is 11.4 Å². The van der Waals surface area contributed by atoms with Crippen LogP contribution in [-0.4, -0.2) is 13.3 Å². The van der Waals surface area contributed by atoms with E-state index in [1.54, 1.807) is 48.5 Å². The van der Waals surface area contributed by atoms with Gasteiger partial charge in [0.05, 0.1) is 0 Å². The van der Waals surface area contributed by atoms with Crippen LogP contribution in [0.2, 0.25) is 0 Å². The molecule has 0 saturated heterocycles. The van der Waals surface area contributed by atoms with Crippen molar-refractivity contribution >= 4 is 30.9 Å². The molecule has 0 bridgehead atoms. The second kappa shape index (κ2) is 10.6. The standard InChI is InChI=1S/C12H11NO3S2.2K/c14-18(15,16)17-13(11-7-3-1-4-8-11)12-9-5-2-6-10-12;;/h1-10H,(H-,14,15,16);;/q;2*+1/p-1. The van der Waals surface area contributed by atoms with Crippen molar-refractivity contribution in [3.63, 3.8) is 0 Å². The van der Waals surface area contributed by atoms with Crippen LogP contribution < -0.4 is 107 Å². The molecule has 94 valence electrons. The van der Waals surface area contributed by atoms with Gasteiger partial charge in [-0.1, -0.05) is 40.7 Å². The topological polar surface area (TPSA) is 66.4 Å². The van der Waals surface area contributed by atoms with Gasteiger partial charge in [0.25, 0.3) is 0 Å². The maximum absolute atomic E-state index is 11.0. The Hall–Kier alpha value is 1.80. The second-order valence-corrected chi connectivity index (χ2v) is 6.45. The molecule has 0 aliphatic heterocycles. The van der Waals surface area contributed by atoms with Gasteiger partial charge in [-0.15, -0.1) is 0 Å². The first-order valence-electron chi connectivity index (χ1n) is 5.12. The van der Waals surface area contributed by atoms with Crippen LogP contribution in [0.3, 0.4) is 0 Å². The van der Waals surface area contributed by atoms with Crippen LogP contribution in [0.25, 0.3) is 0 Å². The molecule has 8 heteroatoms. The van der Waals surface area contributed by atoms with Gasteiger partial charge in [0.1, 0.15) is 20.4 Å². The molecule has 2 aromatic carbocycles. The number of nitrogens with zero attached hydrogens (tertiary/aromatic N) is 1. The summed E-state index contributed by atoms with van der Waals surface area (Å²) in [6.45, 7) is 0. The summed E-state index contributed by atoms with van der Waals surface area (Å²) in [5, 5.41) is 0. The van der Waals surface area contributed by atoms with Gasteiger partial charge in [0.2, 0.25) is 0 Å². The first kappa shape index (κ1) is 21.8. The third-order valence-corrected chi connectivity index (χ3v) is 3.90. The molecule has 2 aromatic rings. The molecule has 4 nitrogen and oxygen atoms in total. The first-order chi connectivity index (χ1) is 8.56. The molecule has 0 spiro atoms. The molecule has 0 N–H and O–H groups in total. The van der Waals surface area contributed by atoms with Crippen LogP contribution >= 0.6 is 0 Å². The van der Waals surface area contributed by atoms with E-state index >= 15 is 0 Å². The number of benzene rings is 2. The Kier molecular flexibility index (Phi) is 11.5. The SMILES string of the molecule is O=S([O-])([O-])=[S+]N(c1ccccc1)c1ccccc1.[K+].[K+]. The van der Waals surface area contributed by atoms with E-state index in [2.05, 4.69) is 0 Å². The fourth-order valence-corrected chi connectivity index (χ4v) is 3.12. The molecule has 0 radical (unpaired) electrons. The largest absolute Gasteiger partial charge is 1.00 e. The summed E-state index contributed by atoms with van der Waals surface area (Å²) in [5.74, 6) is 0. The number of hydrogen-bond donors (Lipinski definition) is 0. The molecule has 0 aliphatic rings. The normalized spacial score (nSPS) is 9.90. The molecule has 20 heavy (non-hydrogen) atoms. The Labute approximate surface area is 207 Å². The van der Waals surface area contributed by atoms with Gasteiger partial charge >= 0.3 is 113 Å². The first-order valence-corrected chi connectivity index (χ1v) is 7.82. The van der Waals surface area contributed by atoms with Crippen molar-refractivity contribution in [2.75, 3.05) is 4.31 Å². The molecule has 0 atom stereocenters. The Bertz CT molecular complexity index is 584. The van der Waals surface area contributed by atoms with E-state index in [1.165, 1.54) is 4.31 Å². The van der Waals surface area contributed by atoms with Crippen molar-refractivity contribution in [1.29, 1.82) is 0 Å². The summed E-state index contributed by atoms with van der Waals surface area (Å²) in [6, 6.07) is 17.7. The quantitative estimate of drug-likeness (QED) is 0.322. The zero-order valence-corrected chi connectivity index (χ0v) is 19.1. The van der Waals surface area contributed by atoms with Crippen LogP contribution in [0.4, 0.5) is 11.4 Å². The predicted molar refractivity (Wildman–Crippen MR) is 72.1 cm³/mol. The van der Waals surface area contributed by atoms with Gasteiger partial charge in [-0.2, -0.15) is 0 Å². The van der Waals surface area contributed by atoms with Crippen molar-refractivity contribution in [1.82, 2.24) is 0 Å². The van der Waals surface area contributed by atoms with Crippen molar-refractivity contribution in [2.24, 2.45) is 0 Å². The maximum atomic E-state index is 11.0. The van der Waals surface area contributed by atoms with Crippen LogP contribution in [0.1, 0.15) is 0 Å². The van der Waals surface area contributed by atoms with Gasteiger partial charge in [-0.05, 0) is 24.3 Å². The zero-order valence-electron chi connectivity index (χ0n) is 11.3. The van der Waals surface area contributed by atoms with Crippen molar-refractivity contribution in [3.05, 3.63) is 60.7 Å². The summed E-state index contributed by atoms with van der Waals surface area (Å²) in [4.78, 5) is 0. The molecule has 0 aliphatic carbocycles. The third-order valence-electron chi connectivity index (χ3n) is 2.15. The molecule has 2 rings (SSSR count). The minimum Gasteiger partial charge on any atom is -0.744 e. The van der Waals surface area contributed by atoms with Gasteiger partial charge < -0.3 is 9.11 Å². The van der Waals surface area contributed by atoms with Gasteiger partial charge in [0, 0.05) is 0 Å². The van der Waals surface area contributed by atoms with Gasteiger partial charge in [-0.25, -0.2) is 4.21 Å². The summed E-state index contributed by atoms with van der Waals surface area (Å²) in [7, 11) is -4.17. The third kappa shape index (κ3) is 7.38. The van der Waals surface area contributed by atoms with E-state index in [0.717, 1.165) is 0 Å². The fraction of sp³-hybridized carbons (Fsp3) is 0. The monoisotopic (exact) mass is 358 g/mol. The summed E-state index contributed by atoms with van der Waals surface area (Å²) in [5.41, 5.74) is 1.27. The Morgan fingerprint density at radius 3 is 1.45 bits per heavy atom. The maximum Gasteiger partial charge on any atom is 1.00 e. The number of hydrogen-bond acceptors (Lipinski definition) is 3. The molecule has 0 aromatic heterocycles. The van der Waals surface area contributed by atoms with Gasteiger partial charge in [-0.3, -0.25) is 0 Å². The minimum atomic E-state index is -4.43. The average Bonchev–Trinajstić information content (AvgIpc) is 2.37.